The highest BCUT2D eigenvalue weighted by Gasteiger charge is 2.34. The van der Waals surface area contributed by atoms with E-state index >= 15 is 0 Å². The molecule has 0 aliphatic heterocycles. The number of hydrogen-bond acceptors (Lipinski definition) is 11. The van der Waals surface area contributed by atoms with Crippen molar-refractivity contribution in [1.29, 1.82) is 0 Å². The molecule has 0 bridgehead atoms. The Bertz CT molecular complexity index is 1880. The lowest BCUT2D eigenvalue weighted by atomic mass is 10.0. The number of unbranched alkanes of at least 4 members (excludes halogenated alkanes) is 2. The maximum absolute atomic E-state index is 14.1. The molecule has 0 spiro atoms. The summed E-state index contributed by atoms with van der Waals surface area (Å²) in [6.45, 7) is 18.4. The number of carboxylic acid groups (broad SMARTS) is 1. The van der Waals surface area contributed by atoms with E-state index in [1.165, 1.54) is 5.56 Å². The molecule has 2 aromatic rings. The minimum absolute atomic E-state index is 0.00593. The van der Waals surface area contributed by atoms with Crippen molar-refractivity contribution in [2.45, 2.75) is 162 Å². The van der Waals surface area contributed by atoms with Gasteiger partial charge in [0.1, 0.15) is 29.3 Å². The number of nitrogens with two attached hydrogens (primary N) is 1. The largest absolute Gasteiger partial charge is 0.480 e. The van der Waals surface area contributed by atoms with Gasteiger partial charge in [0.15, 0.2) is 6.17 Å². The monoisotopic (exact) mass is 926 g/mol. The van der Waals surface area contributed by atoms with Gasteiger partial charge in [0.05, 0.1) is 6.10 Å². The first-order valence-corrected chi connectivity index (χ1v) is 22.8. The van der Waals surface area contributed by atoms with Gasteiger partial charge in [0.2, 0.25) is 11.8 Å². The van der Waals surface area contributed by atoms with Crippen molar-refractivity contribution < 1.29 is 52.9 Å². The van der Waals surface area contributed by atoms with Crippen molar-refractivity contribution in [2.75, 3.05) is 19.7 Å². The number of carbonyl (C=O) groups excluding carboxylic acids is 6. The number of alkyl carbamates (subject to hydrolysis) is 2. The van der Waals surface area contributed by atoms with Crippen molar-refractivity contribution in [3.05, 3.63) is 59.7 Å². The molecule has 9 N–H and O–H groups in total. The van der Waals surface area contributed by atoms with Crippen molar-refractivity contribution in [3.63, 3.8) is 0 Å². The second kappa shape index (κ2) is 27.7. The van der Waals surface area contributed by atoms with Crippen molar-refractivity contribution in [1.82, 2.24) is 31.9 Å². The molecule has 0 heterocycles. The molecule has 0 aliphatic rings. The predicted octanol–water partition coefficient (Wildman–Crippen LogP) is 5.31. The molecule has 0 aromatic heterocycles. The van der Waals surface area contributed by atoms with E-state index in [-0.39, 0.29) is 50.4 Å². The number of carbonyl (C=O) groups is 7. The van der Waals surface area contributed by atoms with Gasteiger partial charge in [-0.2, -0.15) is 0 Å². The Morgan fingerprint density at radius 2 is 1.17 bits per heavy atom. The van der Waals surface area contributed by atoms with Gasteiger partial charge in [-0.15, -0.1) is 0 Å². The second-order valence-corrected chi connectivity index (χ2v) is 18.7. The van der Waals surface area contributed by atoms with Gasteiger partial charge in [-0.3, -0.25) is 19.2 Å². The Kier molecular flexibility index (Phi) is 23.6. The topological polar surface area (TPSA) is 266 Å². The van der Waals surface area contributed by atoms with Gasteiger partial charge in [-0.05, 0) is 128 Å². The van der Waals surface area contributed by atoms with Crippen LogP contribution in [0.25, 0.3) is 11.1 Å². The van der Waals surface area contributed by atoms with Crippen LogP contribution in [-0.4, -0.2) is 108 Å². The van der Waals surface area contributed by atoms with Crippen molar-refractivity contribution in [3.8, 4) is 11.1 Å². The summed E-state index contributed by atoms with van der Waals surface area (Å²) in [6.07, 6.45) is 0.177. The Morgan fingerprint density at radius 1 is 0.636 bits per heavy atom. The Labute approximate surface area is 390 Å². The number of rotatable bonds is 26. The predicted molar refractivity (Wildman–Crippen MR) is 251 cm³/mol. The minimum atomic E-state index is -1.73. The molecule has 6 amide bonds. The number of amides is 6. The van der Waals surface area contributed by atoms with E-state index in [1.807, 2.05) is 38.1 Å². The molecule has 2 aromatic carbocycles. The molecular weight excluding hydrogens is 851 g/mol. The molecular formula is C48H75N7O11. The normalized spacial score (nSPS) is 13.8. The van der Waals surface area contributed by atoms with E-state index < -0.39 is 83.4 Å². The van der Waals surface area contributed by atoms with Crippen molar-refractivity contribution >= 4 is 41.8 Å². The zero-order chi connectivity index (χ0) is 49.6. The zero-order valence-corrected chi connectivity index (χ0v) is 40.5. The summed E-state index contributed by atoms with van der Waals surface area (Å²) in [7, 11) is 0. The molecule has 368 valence electrons. The van der Waals surface area contributed by atoms with Crippen LogP contribution in [0.5, 0.6) is 0 Å². The van der Waals surface area contributed by atoms with E-state index in [2.05, 4.69) is 51.0 Å². The quantitative estimate of drug-likeness (QED) is 0.0441. The van der Waals surface area contributed by atoms with Gasteiger partial charge >= 0.3 is 18.2 Å². The average molecular weight is 926 g/mol. The number of hydrogen-bond donors (Lipinski definition) is 8. The van der Waals surface area contributed by atoms with E-state index in [9.17, 15) is 38.7 Å². The highest BCUT2D eigenvalue weighted by Crippen LogP contribution is 2.21. The van der Waals surface area contributed by atoms with Crippen LogP contribution in [0.15, 0.2) is 48.5 Å². The molecule has 0 saturated carbocycles. The van der Waals surface area contributed by atoms with Crippen LogP contribution in [0.4, 0.5) is 9.59 Å². The lowest BCUT2D eigenvalue weighted by molar-refractivity contribution is -0.142. The number of carboxylic acids is 1. The highest BCUT2D eigenvalue weighted by molar-refractivity contribution is 5.99. The lowest BCUT2D eigenvalue weighted by Gasteiger charge is -2.29. The van der Waals surface area contributed by atoms with Gasteiger partial charge in [-0.1, -0.05) is 63.6 Å². The van der Waals surface area contributed by atoms with E-state index in [4.69, 9.17) is 19.9 Å². The molecule has 18 heteroatoms. The van der Waals surface area contributed by atoms with Gasteiger partial charge < -0.3 is 57.0 Å². The maximum atomic E-state index is 14.1. The third kappa shape index (κ3) is 22.4. The number of nitrogens with one attached hydrogen (secondary N) is 6. The fourth-order valence-electron chi connectivity index (χ4n) is 6.28. The zero-order valence-electron chi connectivity index (χ0n) is 40.5. The summed E-state index contributed by atoms with van der Waals surface area (Å²) >= 11 is 0. The highest BCUT2D eigenvalue weighted by atomic mass is 16.6. The summed E-state index contributed by atoms with van der Waals surface area (Å²) in [5.41, 5.74) is 8.06. The molecule has 66 heavy (non-hydrogen) atoms. The van der Waals surface area contributed by atoms with Crippen LogP contribution in [0.2, 0.25) is 0 Å². The fraction of sp³-hybridized carbons (Fsp3) is 0.604. The van der Waals surface area contributed by atoms with Crippen LogP contribution >= 0.6 is 0 Å². The number of benzene rings is 2. The molecule has 0 radical (unpaired) electrons. The fourth-order valence-corrected chi connectivity index (χ4v) is 6.28. The first-order chi connectivity index (χ1) is 30.9. The summed E-state index contributed by atoms with van der Waals surface area (Å²) in [5.74, 6) is -4.52. The van der Waals surface area contributed by atoms with E-state index in [0.29, 0.717) is 12.8 Å². The first kappa shape index (κ1) is 56.4. The van der Waals surface area contributed by atoms with Crippen LogP contribution in [-0.2, 0) is 39.8 Å². The lowest BCUT2D eigenvalue weighted by Crippen LogP contribution is -2.62. The molecule has 18 nitrogen and oxygen atoms in total. The van der Waals surface area contributed by atoms with E-state index in [1.54, 1.807) is 60.6 Å². The molecule has 0 aliphatic carbocycles. The molecule has 0 saturated heterocycles. The Balaban J connectivity index is 2.23. The van der Waals surface area contributed by atoms with Crippen molar-refractivity contribution in [2.24, 2.45) is 11.7 Å². The van der Waals surface area contributed by atoms with Crippen LogP contribution < -0.4 is 37.6 Å². The first-order valence-electron chi connectivity index (χ1n) is 22.8. The maximum Gasteiger partial charge on any atom is 0.407 e. The van der Waals surface area contributed by atoms with Gasteiger partial charge in [0, 0.05) is 25.3 Å². The third-order valence-corrected chi connectivity index (χ3v) is 9.74. The van der Waals surface area contributed by atoms with Crippen LogP contribution in [0, 0.1) is 5.92 Å². The van der Waals surface area contributed by atoms with Crippen LogP contribution in [0.3, 0.4) is 0 Å². The Morgan fingerprint density at radius 3 is 1.68 bits per heavy atom. The summed E-state index contributed by atoms with van der Waals surface area (Å²) in [5, 5.41) is 25.1. The summed E-state index contributed by atoms with van der Waals surface area (Å²) < 4.78 is 16.4. The number of aryl methyl sites for hydroxylation is 1. The standard InChI is InChI=1S/C48H75N7O11/c1-11-12-16-32-19-21-33(22-20-32)34-23-25-35(26-24-34)40(56)52-36(18-15-28-51-46(63)66-48(8,9)10)41(57)54-38(31(4)64-29-30(2)3)42(58)55-39(49)43(59)53-37(44(60)61)17-13-14-27-50-45(62)65-47(5,6)7/h19-26,30-31,36-39H,11-18,27-29,49H2,1-10H3,(H,50,62)(H,51,63)(H,52,56)(H,53,59)(H,54,57)(H,55,58)(H,60,61)/t31?,36-,37-,38-,39+/m0/s1. The Hall–Kier alpha value is -5.75. The average Bonchev–Trinajstić information content (AvgIpc) is 3.23. The summed E-state index contributed by atoms with van der Waals surface area (Å²) in [4.78, 5) is 91.0. The second-order valence-electron chi connectivity index (χ2n) is 18.7. The molecule has 1 unspecified atom stereocenters. The van der Waals surface area contributed by atoms with Gasteiger partial charge in [-0.25, -0.2) is 14.4 Å². The van der Waals surface area contributed by atoms with Crippen LogP contribution in [0.1, 0.15) is 130 Å². The summed E-state index contributed by atoms with van der Waals surface area (Å²) in [6, 6.07) is 11.2. The molecule has 5 atom stereocenters. The molecule has 0 fully saturated rings. The SMILES string of the molecule is CCCCc1ccc(-c2ccc(C(=O)N[C@@H](CCCNC(=O)OC(C)(C)C)C(=O)N[C@H](C(=O)N[C@@H](N)C(=O)N[C@@H](CCCCNC(=O)OC(C)(C)C)C(=O)O)C(C)OCC(C)C)cc2)cc1. The number of ether oxygens (including phenoxy) is 3. The molecule has 2 rings (SSSR count). The van der Waals surface area contributed by atoms with Gasteiger partial charge in [0.25, 0.3) is 11.8 Å². The number of aliphatic carboxylic acids is 1. The third-order valence-electron chi connectivity index (χ3n) is 9.74. The minimum Gasteiger partial charge on any atom is -0.480 e. The smallest absolute Gasteiger partial charge is 0.407 e. The van der Waals surface area contributed by atoms with E-state index in [0.717, 1.165) is 30.4 Å².